The number of aliphatic hydroxyl groups excluding tert-OH is 1. The van der Waals surface area contributed by atoms with Crippen molar-refractivity contribution in [2.24, 2.45) is 0 Å². The Morgan fingerprint density at radius 2 is 1.88 bits per heavy atom. The van der Waals surface area contributed by atoms with E-state index in [9.17, 15) is 20.1 Å². The van der Waals surface area contributed by atoms with Crippen LogP contribution in [0.5, 0.6) is 17.2 Å². The first-order valence-corrected chi connectivity index (χ1v) is 7.29. The lowest BCUT2D eigenvalue weighted by Gasteiger charge is -2.12. The number of phenolic OH excluding ortho intramolecular Hbond substituents is 2. The van der Waals surface area contributed by atoms with Crippen molar-refractivity contribution in [1.29, 1.82) is 0 Å². The van der Waals surface area contributed by atoms with Gasteiger partial charge in [0.15, 0.2) is 11.5 Å². The molecule has 0 aliphatic heterocycles. The third-order valence-electron chi connectivity index (χ3n) is 3.40. The number of nitrogens with one attached hydrogen (secondary N) is 1. The lowest BCUT2D eigenvalue weighted by atomic mass is 10.1. The number of aromatic hydroxyl groups is 2. The van der Waals surface area contributed by atoms with Crippen LogP contribution >= 0.6 is 0 Å². The van der Waals surface area contributed by atoms with Crippen LogP contribution in [0.15, 0.2) is 48.5 Å². The summed E-state index contributed by atoms with van der Waals surface area (Å²) in [6.07, 6.45) is 2.02. The Morgan fingerprint density at radius 3 is 2.50 bits per heavy atom. The van der Waals surface area contributed by atoms with Gasteiger partial charge in [-0.05, 0) is 41.5 Å². The van der Waals surface area contributed by atoms with Gasteiger partial charge < -0.3 is 25.4 Å². The van der Waals surface area contributed by atoms with Gasteiger partial charge in [0.25, 0.3) is 0 Å². The molecule has 0 saturated heterocycles. The lowest BCUT2D eigenvalue weighted by molar-refractivity contribution is -0.116. The molecule has 0 radical (unpaired) electrons. The third-order valence-corrected chi connectivity index (χ3v) is 3.40. The summed E-state index contributed by atoms with van der Waals surface area (Å²) >= 11 is 0. The highest BCUT2D eigenvalue weighted by molar-refractivity contribution is 5.91. The molecule has 0 spiro atoms. The first kappa shape index (κ1) is 17.4. The van der Waals surface area contributed by atoms with Gasteiger partial charge in [0, 0.05) is 12.6 Å². The van der Waals surface area contributed by atoms with Crippen LogP contribution in [0.3, 0.4) is 0 Å². The van der Waals surface area contributed by atoms with E-state index in [4.69, 9.17) is 4.74 Å². The van der Waals surface area contributed by atoms with E-state index >= 15 is 0 Å². The summed E-state index contributed by atoms with van der Waals surface area (Å²) < 4.78 is 5.05. The minimum absolute atomic E-state index is 0.0179. The van der Waals surface area contributed by atoms with Crippen LogP contribution in [-0.4, -0.2) is 34.9 Å². The number of benzene rings is 2. The van der Waals surface area contributed by atoms with E-state index < -0.39 is 6.10 Å². The Labute approximate surface area is 139 Å². The maximum Gasteiger partial charge on any atom is 0.244 e. The first-order chi connectivity index (χ1) is 11.5. The van der Waals surface area contributed by atoms with Crippen molar-refractivity contribution in [3.8, 4) is 17.2 Å². The average molecular weight is 329 g/mol. The van der Waals surface area contributed by atoms with Gasteiger partial charge in [-0.3, -0.25) is 4.79 Å². The number of rotatable bonds is 6. The van der Waals surface area contributed by atoms with E-state index in [1.165, 1.54) is 24.3 Å². The van der Waals surface area contributed by atoms with Crippen LogP contribution in [0.4, 0.5) is 0 Å². The first-order valence-electron chi connectivity index (χ1n) is 7.29. The molecule has 0 unspecified atom stereocenters. The van der Waals surface area contributed by atoms with Crippen molar-refractivity contribution in [2.45, 2.75) is 6.10 Å². The van der Waals surface area contributed by atoms with E-state index in [0.29, 0.717) is 5.56 Å². The maximum atomic E-state index is 11.8. The van der Waals surface area contributed by atoms with Crippen LogP contribution in [0.1, 0.15) is 17.2 Å². The number of hydrogen-bond acceptors (Lipinski definition) is 5. The molecule has 0 aliphatic carbocycles. The van der Waals surface area contributed by atoms with Crippen molar-refractivity contribution >= 4 is 12.0 Å². The van der Waals surface area contributed by atoms with Crippen molar-refractivity contribution in [1.82, 2.24) is 5.32 Å². The monoisotopic (exact) mass is 329 g/mol. The van der Waals surface area contributed by atoms with Crippen LogP contribution < -0.4 is 10.1 Å². The molecule has 2 aromatic carbocycles. The summed E-state index contributed by atoms with van der Waals surface area (Å²) in [5.74, 6) is -0.209. The Hall–Kier alpha value is -2.99. The fourth-order valence-corrected chi connectivity index (χ4v) is 2.01. The van der Waals surface area contributed by atoms with E-state index in [0.717, 1.165) is 11.3 Å². The highest BCUT2D eigenvalue weighted by Gasteiger charge is 2.10. The highest BCUT2D eigenvalue weighted by Crippen LogP contribution is 2.27. The Morgan fingerprint density at radius 1 is 1.17 bits per heavy atom. The molecule has 24 heavy (non-hydrogen) atoms. The second kappa shape index (κ2) is 8.03. The molecule has 1 atom stereocenters. The summed E-state index contributed by atoms with van der Waals surface area (Å²) in [6.45, 7) is -0.0179. The van der Waals surface area contributed by atoms with Gasteiger partial charge in [-0.1, -0.05) is 18.2 Å². The molecule has 0 aliphatic rings. The maximum absolute atomic E-state index is 11.8. The van der Waals surface area contributed by atoms with E-state index in [-0.39, 0.29) is 24.0 Å². The van der Waals surface area contributed by atoms with Crippen molar-refractivity contribution in [3.63, 3.8) is 0 Å². The molecule has 2 rings (SSSR count). The van der Waals surface area contributed by atoms with Crippen LogP contribution in [0.25, 0.3) is 6.08 Å². The molecular formula is C18H19NO5. The molecule has 0 saturated carbocycles. The molecule has 4 N–H and O–H groups in total. The van der Waals surface area contributed by atoms with Gasteiger partial charge in [-0.2, -0.15) is 0 Å². The van der Waals surface area contributed by atoms with Crippen LogP contribution in [0.2, 0.25) is 0 Å². The zero-order valence-electron chi connectivity index (χ0n) is 13.1. The predicted molar refractivity (Wildman–Crippen MR) is 89.8 cm³/mol. The summed E-state index contributed by atoms with van der Waals surface area (Å²) in [5, 5.41) is 31.2. The second-order valence-corrected chi connectivity index (χ2v) is 5.12. The fourth-order valence-electron chi connectivity index (χ4n) is 2.01. The van der Waals surface area contributed by atoms with Crippen molar-refractivity contribution < 1.29 is 24.9 Å². The molecule has 2 aromatic rings. The smallest absolute Gasteiger partial charge is 0.244 e. The van der Waals surface area contributed by atoms with Crippen LogP contribution in [0, 0.1) is 0 Å². The number of hydrogen-bond donors (Lipinski definition) is 4. The van der Waals surface area contributed by atoms with Gasteiger partial charge in [0.2, 0.25) is 5.91 Å². The second-order valence-electron chi connectivity index (χ2n) is 5.12. The van der Waals surface area contributed by atoms with Crippen molar-refractivity contribution in [3.05, 3.63) is 59.7 Å². The van der Waals surface area contributed by atoms with Crippen molar-refractivity contribution in [2.75, 3.05) is 13.7 Å². The number of methoxy groups -OCH3 is 1. The Balaban J connectivity index is 1.87. The standard InChI is InChI=1S/C18H19NO5/c1-24-14-6-2-12(3-7-14)4-9-18(23)19-11-17(22)13-5-8-15(20)16(21)10-13/h2-10,17,20-22H,11H2,1H3,(H,19,23)/b9-4+/t17-/m1/s1. The summed E-state index contributed by atoms with van der Waals surface area (Å²) in [7, 11) is 1.58. The molecule has 1 amide bonds. The lowest BCUT2D eigenvalue weighted by Crippen LogP contribution is -2.26. The van der Waals surface area contributed by atoms with Gasteiger partial charge in [0.1, 0.15) is 5.75 Å². The minimum atomic E-state index is -0.991. The summed E-state index contributed by atoms with van der Waals surface area (Å²) in [6, 6.07) is 11.2. The fraction of sp³-hybridized carbons (Fsp3) is 0.167. The molecule has 0 bridgehead atoms. The van der Waals surface area contributed by atoms with E-state index in [2.05, 4.69) is 5.32 Å². The number of aliphatic hydroxyl groups is 1. The van der Waals surface area contributed by atoms with E-state index in [1.54, 1.807) is 25.3 Å². The normalized spacial score (nSPS) is 12.1. The van der Waals surface area contributed by atoms with Gasteiger partial charge in [0.05, 0.1) is 13.2 Å². The topological polar surface area (TPSA) is 99.0 Å². The number of carbonyl (C=O) groups is 1. The average Bonchev–Trinajstić information content (AvgIpc) is 2.60. The van der Waals surface area contributed by atoms with Gasteiger partial charge >= 0.3 is 0 Å². The highest BCUT2D eigenvalue weighted by atomic mass is 16.5. The summed E-state index contributed by atoms with van der Waals surface area (Å²) in [5.41, 5.74) is 1.24. The quantitative estimate of drug-likeness (QED) is 0.480. The zero-order valence-corrected chi connectivity index (χ0v) is 13.1. The largest absolute Gasteiger partial charge is 0.504 e. The molecular weight excluding hydrogens is 310 g/mol. The molecule has 0 aromatic heterocycles. The summed E-state index contributed by atoms with van der Waals surface area (Å²) in [4.78, 5) is 11.8. The Kier molecular flexibility index (Phi) is 5.81. The Bertz CT molecular complexity index is 725. The predicted octanol–water partition coefficient (Wildman–Crippen LogP) is 1.97. The molecule has 126 valence electrons. The molecule has 0 fully saturated rings. The third kappa shape index (κ3) is 4.76. The molecule has 6 nitrogen and oxygen atoms in total. The number of phenols is 2. The van der Waals surface area contributed by atoms with E-state index in [1.807, 2.05) is 12.1 Å². The number of ether oxygens (including phenoxy) is 1. The number of amides is 1. The molecule has 6 heteroatoms. The molecule has 0 heterocycles. The SMILES string of the molecule is COc1ccc(/C=C/C(=O)NC[C@@H](O)c2ccc(O)c(O)c2)cc1. The minimum Gasteiger partial charge on any atom is -0.504 e. The number of carbonyl (C=O) groups excluding carboxylic acids is 1. The van der Waals surface area contributed by atoms with Gasteiger partial charge in [-0.25, -0.2) is 0 Å². The zero-order chi connectivity index (χ0) is 17.5. The van der Waals surface area contributed by atoms with Crippen LogP contribution in [-0.2, 0) is 4.79 Å². The van der Waals surface area contributed by atoms with Gasteiger partial charge in [-0.15, -0.1) is 0 Å².